The quantitative estimate of drug-likeness (QED) is 0.706. The van der Waals surface area contributed by atoms with Gasteiger partial charge in [-0.3, -0.25) is 4.79 Å². The zero-order chi connectivity index (χ0) is 22.0. The number of benzene rings is 2. The SMILES string of the molecule is Cc1ccc(C(=O)N2CCSC23CCN(C(=O)Nc2ccc(C(C)C)cc2)CC3)cc1. The first kappa shape index (κ1) is 21.8. The van der Waals surface area contributed by atoms with E-state index in [9.17, 15) is 9.59 Å². The Kier molecular flexibility index (Phi) is 6.28. The molecule has 0 radical (unpaired) electrons. The molecular weight excluding hydrogens is 406 g/mol. The summed E-state index contributed by atoms with van der Waals surface area (Å²) >= 11 is 1.87. The smallest absolute Gasteiger partial charge is 0.321 e. The summed E-state index contributed by atoms with van der Waals surface area (Å²) in [7, 11) is 0. The molecule has 1 N–H and O–H groups in total. The molecule has 31 heavy (non-hydrogen) atoms. The summed E-state index contributed by atoms with van der Waals surface area (Å²) in [5, 5.41) is 3.02. The minimum Gasteiger partial charge on any atom is -0.324 e. The second kappa shape index (κ2) is 8.95. The van der Waals surface area contributed by atoms with Gasteiger partial charge in [0.25, 0.3) is 5.91 Å². The van der Waals surface area contributed by atoms with Gasteiger partial charge >= 0.3 is 6.03 Å². The van der Waals surface area contributed by atoms with Crippen molar-refractivity contribution in [1.29, 1.82) is 0 Å². The number of anilines is 1. The molecule has 2 heterocycles. The first-order chi connectivity index (χ1) is 14.9. The number of rotatable bonds is 3. The minimum atomic E-state index is -0.197. The van der Waals surface area contributed by atoms with E-state index in [2.05, 4.69) is 31.3 Å². The Morgan fingerprint density at radius 1 is 0.968 bits per heavy atom. The Labute approximate surface area is 189 Å². The molecule has 2 aromatic rings. The molecule has 2 aliphatic rings. The van der Waals surface area contributed by atoms with Crippen LogP contribution in [0, 0.1) is 6.92 Å². The van der Waals surface area contributed by atoms with Gasteiger partial charge in [-0.05, 0) is 55.5 Å². The molecule has 2 fully saturated rings. The van der Waals surface area contributed by atoms with E-state index in [0.717, 1.165) is 42.0 Å². The van der Waals surface area contributed by atoms with E-state index >= 15 is 0 Å². The van der Waals surface area contributed by atoms with Crippen LogP contribution in [0.1, 0.15) is 54.1 Å². The Hall–Kier alpha value is -2.47. The van der Waals surface area contributed by atoms with Crippen LogP contribution in [-0.4, -0.2) is 52.0 Å². The van der Waals surface area contributed by atoms with Crippen LogP contribution in [0.25, 0.3) is 0 Å². The maximum absolute atomic E-state index is 13.2. The molecular formula is C25H31N3O2S. The van der Waals surface area contributed by atoms with Crippen molar-refractivity contribution in [3.05, 3.63) is 65.2 Å². The summed E-state index contributed by atoms with van der Waals surface area (Å²) in [6.45, 7) is 8.42. The lowest BCUT2D eigenvalue weighted by Crippen LogP contribution is -2.54. The van der Waals surface area contributed by atoms with Crippen molar-refractivity contribution in [1.82, 2.24) is 9.80 Å². The van der Waals surface area contributed by atoms with Gasteiger partial charge in [-0.2, -0.15) is 0 Å². The van der Waals surface area contributed by atoms with Crippen molar-refractivity contribution in [2.24, 2.45) is 0 Å². The first-order valence-electron chi connectivity index (χ1n) is 11.1. The van der Waals surface area contributed by atoms with Crippen LogP contribution < -0.4 is 5.32 Å². The van der Waals surface area contributed by atoms with Crippen LogP contribution in [0.2, 0.25) is 0 Å². The molecule has 0 atom stereocenters. The number of nitrogens with zero attached hydrogens (tertiary/aromatic N) is 2. The van der Waals surface area contributed by atoms with Crippen LogP contribution >= 0.6 is 11.8 Å². The molecule has 2 aromatic carbocycles. The van der Waals surface area contributed by atoms with E-state index in [1.165, 1.54) is 5.56 Å². The molecule has 0 saturated carbocycles. The van der Waals surface area contributed by atoms with Gasteiger partial charge in [0.15, 0.2) is 0 Å². The highest BCUT2D eigenvalue weighted by Gasteiger charge is 2.47. The second-order valence-corrected chi connectivity index (χ2v) is 10.3. The fourth-order valence-electron chi connectivity index (χ4n) is 4.37. The van der Waals surface area contributed by atoms with Crippen molar-refractivity contribution < 1.29 is 9.59 Å². The molecule has 0 unspecified atom stereocenters. The van der Waals surface area contributed by atoms with Gasteiger partial charge < -0.3 is 15.1 Å². The largest absolute Gasteiger partial charge is 0.324 e. The van der Waals surface area contributed by atoms with Gasteiger partial charge in [-0.25, -0.2) is 4.79 Å². The number of hydrogen-bond donors (Lipinski definition) is 1. The van der Waals surface area contributed by atoms with E-state index in [-0.39, 0.29) is 16.8 Å². The predicted octanol–water partition coefficient (Wildman–Crippen LogP) is 5.33. The van der Waals surface area contributed by atoms with Gasteiger partial charge in [-0.15, -0.1) is 11.8 Å². The van der Waals surface area contributed by atoms with E-state index in [0.29, 0.717) is 19.0 Å². The Morgan fingerprint density at radius 2 is 1.61 bits per heavy atom. The van der Waals surface area contributed by atoms with Crippen LogP contribution in [0.3, 0.4) is 0 Å². The molecule has 4 rings (SSSR count). The van der Waals surface area contributed by atoms with Crippen molar-refractivity contribution >= 4 is 29.4 Å². The van der Waals surface area contributed by atoms with Gasteiger partial charge in [0.1, 0.15) is 0 Å². The van der Waals surface area contributed by atoms with E-state index in [1.807, 2.05) is 64.9 Å². The number of piperidine rings is 1. The van der Waals surface area contributed by atoms with Crippen LogP contribution in [0.5, 0.6) is 0 Å². The molecule has 164 valence electrons. The fraction of sp³-hybridized carbons (Fsp3) is 0.440. The highest BCUT2D eigenvalue weighted by atomic mass is 32.2. The van der Waals surface area contributed by atoms with Gasteiger partial charge in [-0.1, -0.05) is 43.7 Å². The lowest BCUT2D eigenvalue weighted by atomic mass is 10.0. The first-order valence-corrected chi connectivity index (χ1v) is 12.0. The highest BCUT2D eigenvalue weighted by Crippen LogP contribution is 2.44. The topological polar surface area (TPSA) is 52.7 Å². The Balaban J connectivity index is 1.38. The van der Waals surface area contributed by atoms with Crippen molar-refractivity contribution in [3.8, 4) is 0 Å². The average Bonchev–Trinajstić information content (AvgIpc) is 3.17. The number of carbonyl (C=O) groups excluding carboxylic acids is 2. The van der Waals surface area contributed by atoms with E-state index in [4.69, 9.17) is 0 Å². The lowest BCUT2D eigenvalue weighted by molar-refractivity contribution is 0.0585. The average molecular weight is 438 g/mol. The number of likely N-dealkylation sites (tertiary alicyclic amines) is 1. The van der Waals surface area contributed by atoms with E-state index in [1.54, 1.807) is 0 Å². The summed E-state index contributed by atoms with van der Waals surface area (Å²) in [5.41, 5.74) is 3.98. The number of amides is 3. The van der Waals surface area contributed by atoms with Gasteiger partial charge in [0.05, 0.1) is 4.87 Å². The Morgan fingerprint density at radius 3 is 2.23 bits per heavy atom. The normalized spacial score (nSPS) is 17.9. The molecule has 0 aromatic heterocycles. The van der Waals surface area contributed by atoms with Crippen molar-refractivity contribution in [2.75, 3.05) is 30.7 Å². The van der Waals surface area contributed by atoms with Crippen molar-refractivity contribution in [3.63, 3.8) is 0 Å². The second-order valence-electron chi connectivity index (χ2n) is 8.81. The lowest BCUT2D eigenvalue weighted by Gasteiger charge is -2.44. The summed E-state index contributed by atoms with van der Waals surface area (Å²) in [5.74, 6) is 1.53. The standard InChI is InChI=1S/C25H31N3O2S/c1-18(2)20-8-10-22(11-9-20)26-24(30)27-14-12-25(13-15-27)28(16-17-31-25)23(29)21-6-4-19(3)5-7-21/h4-11,18H,12-17H2,1-3H3,(H,26,30). The number of hydrogen-bond acceptors (Lipinski definition) is 3. The van der Waals surface area contributed by atoms with Crippen LogP contribution in [-0.2, 0) is 0 Å². The third-order valence-corrected chi connectivity index (χ3v) is 7.93. The molecule has 6 heteroatoms. The van der Waals surface area contributed by atoms with Gasteiger partial charge in [0, 0.05) is 36.6 Å². The summed E-state index contributed by atoms with van der Waals surface area (Å²) in [4.78, 5) is 29.7. The van der Waals surface area contributed by atoms with Gasteiger partial charge in [0.2, 0.25) is 0 Å². The highest BCUT2D eigenvalue weighted by molar-refractivity contribution is 8.00. The van der Waals surface area contributed by atoms with Crippen LogP contribution in [0.4, 0.5) is 10.5 Å². The zero-order valence-corrected chi connectivity index (χ0v) is 19.4. The molecule has 0 bridgehead atoms. The van der Waals surface area contributed by atoms with E-state index < -0.39 is 0 Å². The van der Waals surface area contributed by atoms with Crippen molar-refractivity contribution in [2.45, 2.75) is 44.4 Å². The molecule has 5 nitrogen and oxygen atoms in total. The monoisotopic (exact) mass is 437 g/mol. The molecule has 1 spiro atoms. The fourth-order valence-corrected chi connectivity index (χ4v) is 5.83. The third kappa shape index (κ3) is 4.59. The molecule has 3 amide bonds. The molecule has 2 saturated heterocycles. The summed E-state index contributed by atoms with van der Waals surface area (Å²) in [6.07, 6.45) is 1.60. The maximum Gasteiger partial charge on any atom is 0.321 e. The third-order valence-electron chi connectivity index (χ3n) is 6.38. The number of nitrogens with one attached hydrogen (secondary N) is 1. The molecule has 0 aliphatic carbocycles. The number of urea groups is 1. The number of aryl methyl sites for hydroxylation is 1. The predicted molar refractivity (Wildman–Crippen MR) is 128 cm³/mol. The Bertz CT molecular complexity index is 932. The summed E-state index contributed by atoms with van der Waals surface area (Å²) in [6, 6.07) is 15.8. The summed E-state index contributed by atoms with van der Waals surface area (Å²) < 4.78 is 0. The number of carbonyl (C=O) groups is 2. The van der Waals surface area contributed by atoms with Crippen LogP contribution in [0.15, 0.2) is 48.5 Å². The molecule has 2 aliphatic heterocycles. The number of thioether (sulfide) groups is 1. The minimum absolute atomic E-state index is 0.0634. The maximum atomic E-state index is 13.2. The zero-order valence-electron chi connectivity index (χ0n) is 18.6.